The van der Waals surface area contributed by atoms with Crippen LogP contribution in [0, 0.1) is 0 Å². The second-order valence-electron chi connectivity index (χ2n) is 5.92. The SMILES string of the molecule is CCOC(=O)CCCCc1ccc(OCCc2cccc(O)c2)cc1. The van der Waals surface area contributed by atoms with E-state index in [1.165, 1.54) is 5.56 Å². The van der Waals surface area contributed by atoms with Crippen molar-refractivity contribution in [3.63, 3.8) is 0 Å². The van der Waals surface area contributed by atoms with Crippen LogP contribution in [0.15, 0.2) is 48.5 Å². The normalized spacial score (nSPS) is 10.4. The summed E-state index contributed by atoms with van der Waals surface area (Å²) in [5.41, 5.74) is 2.29. The highest BCUT2D eigenvalue weighted by atomic mass is 16.5. The zero-order chi connectivity index (χ0) is 17.9. The zero-order valence-electron chi connectivity index (χ0n) is 14.7. The van der Waals surface area contributed by atoms with E-state index in [-0.39, 0.29) is 11.7 Å². The van der Waals surface area contributed by atoms with Crippen molar-refractivity contribution in [2.24, 2.45) is 0 Å². The van der Waals surface area contributed by atoms with Crippen molar-refractivity contribution in [1.29, 1.82) is 0 Å². The predicted octanol–water partition coefficient (Wildman–Crippen LogP) is 4.29. The molecular weight excluding hydrogens is 316 g/mol. The van der Waals surface area contributed by atoms with Crippen molar-refractivity contribution in [3.8, 4) is 11.5 Å². The Morgan fingerprint density at radius 3 is 2.52 bits per heavy atom. The summed E-state index contributed by atoms with van der Waals surface area (Å²) in [7, 11) is 0. The monoisotopic (exact) mass is 342 g/mol. The molecule has 0 unspecified atom stereocenters. The maximum absolute atomic E-state index is 11.3. The van der Waals surface area contributed by atoms with Crippen LogP contribution in [-0.2, 0) is 22.4 Å². The molecule has 1 N–H and O–H groups in total. The van der Waals surface area contributed by atoms with Crippen molar-refractivity contribution in [2.75, 3.05) is 13.2 Å². The van der Waals surface area contributed by atoms with E-state index in [1.54, 1.807) is 12.1 Å². The molecule has 0 atom stereocenters. The molecule has 0 spiro atoms. The lowest BCUT2D eigenvalue weighted by Gasteiger charge is -2.08. The van der Waals surface area contributed by atoms with Crippen LogP contribution in [0.3, 0.4) is 0 Å². The van der Waals surface area contributed by atoms with Gasteiger partial charge in [-0.2, -0.15) is 0 Å². The highest BCUT2D eigenvalue weighted by Gasteiger charge is 2.02. The molecule has 0 bridgehead atoms. The Labute approximate surface area is 149 Å². The van der Waals surface area contributed by atoms with Gasteiger partial charge in [-0.3, -0.25) is 4.79 Å². The number of phenolic OH excluding ortho intramolecular Hbond substituents is 1. The van der Waals surface area contributed by atoms with Gasteiger partial charge >= 0.3 is 5.97 Å². The average molecular weight is 342 g/mol. The maximum Gasteiger partial charge on any atom is 0.305 e. The van der Waals surface area contributed by atoms with E-state index in [2.05, 4.69) is 12.1 Å². The molecule has 0 fully saturated rings. The highest BCUT2D eigenvalue weighted by Crippen LogP contribution is 2.16. The molecule has 2 rings (SSSR count). The Morgan fingerprint density at radius 1 is 1.00 bits per heavy atom. The van der Waals surface area contributed by atoms with Crippen LogP contribution in [0.4, 0.5) is 0 Å². The summed E-state index contributed by atoms with van der Waals surface area (Å²) in [5, 5.41) is 9.44. The molecule has 2 aromatic carbocycles. The molecule has 0 amide bonds. The van der Waals surface area contributed by atoms with E-state index in [0.717, 1.165) is 37.0 Å². The number of aromatic hydroxyl groups is 1. The summed E-state index contributed by atoms with van der Waals surface area (Å²) < 4.78 is 10.7. The van der Waals surface area contributed by atoms with E-state index in [4.69, 9.17) is 9.47 Å². The molecule has 0 aliphatic rings. The minimum Gasteiger partial charge on any atom is -0.508 e. The molecule has 4 heteroatoms. The number of hydrogen-bond acceptors (Lipinski definition) is 4. The van der Waals surface area contributed by atoms with Crippen molar-refractivity contribution in [2.45, 2.75) is 39.0 Å². The Kier molecular flexibility index (Phi) is 7.83. The van der Waals surface area contributed by atoms with Crippen LogP contribution in [0.5, 0.6) is 11.5 Å². The Hall–Kier alpha value is -2.49. The number of rotatable bonds is 10. The van der Waals surface area contributed by atoms with E-state index < -0.39 is 0 Å². The van der Waals surface area contributed by atoms with Gasteiger partial charge in [0.25, 0.3) is 0 Å². The number of hydrogen-bond donors (Lipinski definition) is 1. The van der Waals surface area contributed by atoms with Crippen LogP contribution < -0.4 is 4.74 Å². The van der Waals surface area contributed by atoms with Crippen molar-refractivity contribution < 1.29 is 19.4 Å². The minimum absolute atomic E-state index is 0.113. The molecule has 4 nitrogen and oxygen atoms in total. The number of benzene rings is 2. The Morgan fingerprint density at radius 2 is 1.80 bits per heavy atom. The van der Waals surface area contributed by atoms with Crippen molar-refractivity contribution >= 4 is 5.97 Å². The van der Waals surface area contributed by atoms with Gasteiger partial charge in [-0.1, -0.05) is 24.3 Å². The quantitative estimate of drug-likeness (QED) is 0.517. The highest BCUT2D eigenvalue weighted by molar-refractivity contribution is 5.69. The summed E-state index contributed by atoms with van der Waals surface area (Å²) in [6, 6.07) is 15.3. The van der Waals surface area contributed by atoms with E-state index >= 15 is 0 Å². The molecule has 0 radical (unpaired) electrons. The van der Waals surface area contributed by atoms with Crippen molar-refractivity contribution in [1.82, 2.24) is 0 Å². The fraction of sp³-hybridized carbons (Fsp3) is 0.381. The fourth-order valence-corrected chi connectivity index (χ4v) is 2.58. The van der Waals surface area contributed by atoms with Gasteiger partial charge in [0.1, 0.15) is 11.5 Å². The lowest BCUT2D eigenvalue weighted by Crippen LogP contribution is -2.03. The van der Waals surface area contributed by atoms with Gasteiger partial charge in [-0.05, 0) is 61.6 Å². The van der Waals surface area contributed by atoms with Crippen LogP contribution in [0.25, 0.3) is 0 Å². The lowest BCUT2D eigenvalue weighted by atomic mass is 10.1. The van der Waals surface area contributed by atoms with Gasteiger partial charge in [0.2, 0.25) is 0 Å². The molecule has 0 aromatic heterocycles. The fourth-order valence-electron chi connectivity index (χ4n) is 2.58. The molecule has 25 heavy (non-hydrogen) atoms. The van der Waals surface area contributed by atoms with Crippen LogP contribution in [0.1, 0.15) is 37.3 Å². The van der Waals surface area contributed by atoms with E-state index in [1.807, 2.05) is 31.2 Å². The Bertz CT molecular complexity index is 649. The first-order valence-electron chi connectivity index (χ1n) is 8.82. The maximum atomic E-state index is 11.3. The third-order valence-corrected chi connectivity index (χ3v) is 3.90. The van der Waals surface area contributed by atoms with Crippen LogP contribution in [0.2, 0.25) is 0 Å². The molecule has 0 heterocycles. The van der Waals surface area contributed by atoms with E-state index in [9.17, 15) is 9.90 Å². The van der Waals surface area contributed by atoms with Crippen LogP contribution in [-0.4, -0.2) is 24.3 Å². The first-order valence-corrected chi connectivity index (χ1v) is 8.82. The molecule has 0 aliphatic carbocycles. The number of esters is 1. The number of aryl methyl sites for hydroxylation is 1. The van der Waals surface area contributed by atoms with Gasteiger partial charge in [0.05, 0.1) is 13.2 Å². The average Bonchev–Trinajstić information content (AvgIpc) is 2.60. The van der Waals surface area contributed by atoms with E-state index in [0.29, 0.717) is 19.6 Å². The molecule has 0 saturated carbocycles. The number of phenols is 1. The number of unbranched alkanes of at least 4 members (excludes halogenated alkanes) is 1. The molecule has 134 valence electrons. The number of carbonyl (C=O) groups excluding carboxylic acids is 1. The van der Waals surface area contributed by atoms with Crippen LogP contribution >= 0.6 is 0 Å². The number of ether oxygens (including phenoxy) is 2. The molecule has 2 aromatic rings. The third kappa shape index (κ3) is 7.29. The largest absolute Gasteiger partial charge is 0.508 e. The van der Waals surface area contributed by atoms with Gasteiger partial charge in [-0.15, -0.1) is 0 Å². The summed E-state index contributed by atoms with van der Waals surface area (Å²) in [6.07, 6.45) is 4.01. The smallest absolute Gasteiger partial charge is 0.305 e. The van der Waals surface area contributed by atoms with Gasteiger partial charge in [-0.25, -0.2) is 0 Å². The number of carbonyl (C=O) groups is 1. The summed E-state index contributed by atoms with van der Waals surface area (Å²) in [5.74, 6) is 1.01. The second kappa shape index (κ2) is 10.4. The zero-order valence-corrected chi connectivity index (χ0v) is 14.7. The topological polar surface area (TPSA) is 55.8 Å². The first-order chi connectivity index (χ1) is 12.2. The second-order valence-corrected chi connectivity index (χ2v) is 5.92. The van der Waals surface area contributed by atoms with Gasteiger partial charge in [0, 0.05) is 12.8 Å². The summed E-state index contributed by atoms with van der Waals surface area (Å²) in [6.45, 7) is 2.85. The molecular formula is C21H26O4. The Balaban J connectivity index is 1.66. The first kappa shape index (κ1) is 18.8. The van der Waals surface area contributed by atoms with Crippen molar-refractivity contribution in [3.05, 3.63) is 59.7 Å². The predicted molar refractivity (Wildman–Crippen MR) is 97.9 cm³/mol. The standard InChI is InChI=1S/C21H26O4/c1-2-24-21(23)9-4-3-6-17-10-12-20(13-11-17)25-15-14-18-7-5-8-19(22)16-18/h5,7-8,10-13,16,22H,2-4,6,9,14-15H2,1H3. The molecule has 0 aliphatic heterocycles. The molecule has 0 saturated heterocycles. The summed E-state index contributed by atoms with van der Waals surface area (Å²) >= 11 is 0. The minimum atomic E-state index is -0.113. The van der Waals surface area contributed by atoms with Gasteiger partial charge in [0.15, 0.2) is 0 Å². The third-order valence-electron chi connectivity index (χ3n) is 3.90. The van der Waals surface area contributed by atoms with Gasteiger partial charge < -0.3 is 14.6 Å². The lowest BCUT2D eigenvalue weighted by molar-refractivity contribution is -0.143. The summed E-state index contributed by atoms with van der Waals surface area (Å²) in [4.78, 5) is 11.3.